The first-order valence-electron chi connectivity index (χ1n) is 15.2. The second-order valence-corrected chi connectivity index (χ2v) is 14.4. The van der Waals surface area contributed by atoms with Gasteiger partial charge in [-0.15, -0.1) is 0 Å². The van der Waals surface area contributed by atoms with Crippen LogP contribution >= 0.6 is 7.75 Å². The Hall–Kier alpha value is -3.06. The van der Waals surface area contributed by atoms with E-state index >= 15 is 0 Å². The lowest BCUT2D eigenvalue weighted by molar-refractivity contribution is -0.146. The number of ether oxygens (including phenoxy) is 2. The highest BCUT2D eigenvalue weighted by Crippen LogP contribution is 2.47. The van der Waals surface area contributed by atoms with Crippen LogP contribution in [0.25, 0.3) is 5.52 Å². The molecule has 3 aromatic rings. The SMILES string of the molecule is CCC(CC)COC(=O)[C@H](C)NP(=O)(OC[C@H]1O[C@@](C)(c2ccc3c(N)ncnn23)[C@H](O)[C@@H]1O)Oc1ccc(C(C)(C)C)cc1. The number of benzene rings is 1. The van der Waals surface area contributed by atoms with E-state index in [4.69, 9.17) is 24.3 Å². The highest BCUT2D eigenvalue weighted by atomic mass is 31.2. The van der Waals surface area contributed by atoms with Gasteiger partial charge in [0.15, 0.2) is 5.82 Å². The Morgan fingerprint density at radius 1 is 1.18 bits per heavy atom. The van der Waals surface area contributed by atoms with Gasteiger partial charge in [-0.25, -0.2) is 14.1 Å². The summed E-state index contributed by atoms with van der Waals surface area (Å²) in [6.45, 7) is 13.1. The summed E-state index contributed by atoms with van der Waals surface area (Å²) in [5.74, 6) is 0.0780. The number of aromatic nitrogens is 3. The van der Waals surface area contributed by atoms with Crippen LogP contribution in [-0.4, -0.2) is 68.3 Å². The lowest BCUT2D eigenvalue weighted by atomic mass is 9.87. The largest absolute Gasteiger partial charge is 0.464 e. The summed E-state index contributed by atoms with van der Waals surface area (Å²) in [6.07, 6.45) is -0.978. The van der Waals surface area contributed by atoms with Gasteiger partial charge >= 0.3 is 13.7 Å². The molecule has 1 fully saturated rings. The molecular formula is C31H46N5O8P. The zero-order chi connectivity index (χ0) is 33.2. The normalized spacial score (nSPS) is 24.1. The van der Waals surface area contributed by atoms with Crippen molar-refractivity contribution in [1.29, 1.82) is 0 Å². The van der Waals surface area contributed by atoms with Gasteiger partial charge in [-0.1, -0.05) is 59.6 Å². The first-order valence-corrected chi connectivity index (χ1v) is 16.8. The molecule has 1 unspecified atom stereocenters. The highest BCUT2D eigenvalue weighted by molar-refractivity contribution is 7.52. The van der Waals surface area contributed by atoms with Gasteiger partial charge in [0.25, 0.3) is 0 Å². The molecule has 45 heavy (non-hydrogen) atoms. The molecule has 0 bridgehead atoms. The lowest BCUT2D eigenvalue weighted by Gasteiger charge is -2.28. The Morgan fingerprint density at radius 2 is 1.84 bits per heavy atom. The minimum Gasteiger partial charge on any atom is -0.464 e. The molecular weight excluding hydrogens is 601 g/mol. The van der Waals surface area contributed by atoms with E-state index in [9.17, 15) is 19.6 Å². The summed E-state index contributed by atoms with van der Waals surface area (Å²) in [5, 5.41) is 29.0. The Morgan fingerprint density at radius 3 is 2.47 bits per heavy atom. The molecule has 3 heterocycles. The molecule has 1 aromatic carbocycles. The highest BCUT2D eigenvalue weighted by Gasteiger charge is 2.54. The second-order valence-electron chi connectivity index (χ2n) is 12.7. The van der Waals surface area contributed by atoms with E-state index in [1.165, 1.54) is 17.8 Å². The molecule has 5 N–H and O–H groups in total. The maximum absolute atomic E-state index is 14.2. The molecule has 1 aliphatic heterocycles. The molecule has 248 valence electrons. The van der Waals surface area contributed by atoms with E-state index in [0.29, 0.717) is 11.2 Å². The number of anilines is 1. The molecule has 1 saturated heterocycles. The lowest BCUT2D eigenvalue weighted by Crippen LogP contribution is -2.40. The Balaban J connectivity index is 1.54. The zero-order valence-electron chi connectivity index (χ0n) is 27.0. The number of carbonyl (C=O) groups is 1. The quantitative estimate of drug-likeness (QED) is 0.154. The number of nitrogens with two attached hydrogens (primary N) is 1. The fourth-order valence-corrected chi connectivity index (χ4v) is 6.71. The minimum atomic E-state index is -4.28. The number of nitrogens with zero attached hydrogens (tertiary/aromatic N) is 3. The average Bonchev–Trinajstić information content (AvgIpc) is 3.53. The molecule has 14 heteroatoms. The number of nitrogen functional groups attached to an aromatic ring is 1. The number of hydrogen-bond donors (Lipinski definition) is 4. The molecule has 13 nitrogen and oxygen atoms in total. The summed E-state index contributed by atoms with van der Waals surface area (Å²) >= 11 is 0. The van der Waals surface area contributed by atoms with Crippen LogP contribution in [0.15, 0.2) is 42.7 Å². The number of fused-ring (bicyclic) bond motifs is 1. The summed E-state index contributed by atoms with van der Waals surface area (Å²) < 4.78 is 38.9. The number of rotatable bonds is 13. The standard InChI is InChI=1S/C31H46N5O8P/c1-8-20(9-2)16-41-29(39)19(3)35-45(40,44-22-12-10-21(11-13-22)30(4,5)6)42-17-24-26(37)27(38)31(7,43-24)25-15-14-23-28(32)33-18-34-36(23)25/h10-15,18-20,24,26-27,37-38H,8-9,16-17H2,1-7H3,(H,35,40)(H2,32,33,34)/t19-,24+,26+,27+,31-,45?/m0/s1. The third kappa shape index (κ3) is 7.67. The van der Waals surface area contributed by atoms with Crippen molar-refractivity contribution in [2.24, 2.45) is 5.92 Å². The first-order chi connectivity index (χ1) is 21.1. The predicted molar refractivity (Wildman–Crippen MR) is 169 cm³/mol. The molecule has 0 radical (unpaired) electrons. The number of nitrogens with one attached hydrogen (secondary N) is 1. The maximum Gasteiger partial charge on any atom is 0.459 e. The molecule has 4 rings (SSSR count). The third-order valence-electron chi connectivity index (χ3n) is 8.33. The summed E-state index contributed by atoms with van der Waals surface area (Å²) in [5.41, 5.74) is 6.38. The van der Waals surface area contributed by atoms with Gasteiger partial charge in [0.1, 0.15) is 47.5 Å². The van der Waals surface area contributed by atoms with Crippen LogP contribution in [-0.2, 0) is 34.4 Å². The Kier molecular flexibility index (Phi) is 10.6. The van der Waals surface area contributed by atoms with Crippen LogP contribution in [0.2, 0.25) is 0 Å². The van der Waals surface area contributed by atoms with Crippen molar-refractivity contribution in [1.82, 2.24) is 19.7 Å². The smallest absolute Gasteiger partial charge is 0.459 e. The van der Waals surface area contributed by atoms with Gasteiger partial charge in [0, 0.05) is 0 Å². The summed E-state index contributed by atoms with van der Waals surface area (Å²) in [7, 11) is -4.28. The van der Waals surface area contributed by atoms with E-state index in [1.54, 1.807) is 31.2 Å². The van der Waals surface area contributed by atoms with Crippen molar-refractivity contribution in [3.8, 4) is 5.75 Å². The van der Waals surface area contributed by atoms with Crippen LogP contribution in [0.5, 0.6) is 5.75 Å². The first kappa shape index (κ1) is 34.8. The van der Waals surface area contributed by atoms with Crippen molar-refractivity contribution in [3.63, 3.8) is 0 Å². The number of aliphatic hydroxyl groups excluding tert-OH is 2. The molecule has 6 atom stereocenters. The third-order valence-corrected chi connectivity index (χ3v) is 9.98. The van der Waals surface area contributed by atoms with E-state index in [1.807, 2.05) is 26.0 Å². The van der Waals surface area contributed by atoms with Gasteiger partial charge in [0.05, 0.1) is 18.9 Å². The van der Waals surface area contributed by atoms with Crippen molar-refractivity contribution < 1.29 is 38.1 Å². The molecule has 1 aliphatic rings. The number of hydrogen-bond acceptors (Lipinski definition) is 11. The average molecular weight is 648 g/mol. The molecule has 0 spiro atoms. The van der Waals surface area contributed by atoms with Crippen LogP contribution in [0, 0.1) is 5.92 Å². The Bertz CT molecular complexity index is 1510. The van der Waals surface area contributed by atoms with E-state index in [2.05, 4.69) is 35.9 Å². The van der Waals surface area contributed by atoms with Crippen molar-refractivity contribution in [2.75, 3.05) is 18.9 Å². The van der Waals surface area contributed by atoms with Crippen molar-refractivity contribution >= 4 is 25.1 Å². The van der Waals surface area contributed by atoms with Gasteiger partial charge in [-0.2, -0.15) is 10.2 Å². The molecule has 0 aliphatic carbocycles. The zero-order valence-corrected chi connectivity index (χ0v) is 27.9. The summed E-state index contributed by atoms with van der Waals surface area (Å²) in [6, 6.07) is 9.35. The van der Waals surface area contributed by atoms with Crippen LogP contribution < -0.4 is 15.3 Å². The van der Waals surface area contributed by atoms with Crippen LogP contribution in [0.1, 0.15) is 72.6 Å². The van der Waals surface area contributed by atoms with E-state index in [0.717, 1.165) is 18.4 Å². The predicted octanol–water partition coefficient (Wildman–Crippen LogP) is 4.11. The van der Waals surface area contributed by atoms with Gasteiger partial charge in [-0.3, -0.25) is 9.32 Å². The number of aliphatic hydroxyl groups is 2. The van der Waals surface area contributed by atoms with Gasteiger partial charge in [0.2, 0.25) is 0 Å². The van der Waals surface area contributed by atoms with Crippen LogP contribution in [0.3, 0.4) is 0 Å². The fraction of sp³-hybridized carbons (Fsp3) is 0.581. The number of carbonyl (C=O) groups excluding carboxylic acids is 1. The van der Waals surface area contributed by atoms with Gasteiger partial charge in [-0.05, 0) is 55.0 Å². The second kappa shape index (κ2) is 13.7. The topological polar surface area (TPSA) is 180 Å². The molecule has 0 saturated carbocycles. The maximum atomic E-state index is 14.2. The summed E-state index contributed by atoms with van der Waals surface area (Å²) in [4.78, 5) is 16.8. The van der Waals surface area contributed by atoms with Crippen molar-refractivity contribution in [3.05, 3.63) is 54.0 Å². The van der Waals surface area contributed by atoms with E-state index < -0.39 is 50.3 Å². The van der Waals surface area contributed by atoms with Gasteiger partial charge < -0.3 is 29.9 Å². The Labute approximate surface area is 264 Å². The monoisotopic (exact) mass is 647 g/mol. The fourth-order valence-electron chi connectivity index (χ4n) is 5.21. The number of esters is 1. The minimum absolute atomic E-state index is 0.114. The molecule has 0 amide bonds. The van der Waals surface area contributed by atoms with Crippen LogP contribution in [0.4, 0.5) is 5.82 Å². The molecule has 2 aromatic heterocycles. The van der Waals surface area contributed by atoms with E-state index in [-0.39, 0.29) is 29.5 Å². The van der Waals surface area contributed by atoms with Crippen molar-refractivity contribution in [2.45, 2.75) is 96.7 Å².